The lowest BCUT2D eigenvalue weighted by Gasteiger charge is -2.46. The Labute approximate surface area is 131 Å². The number of hydrogen-bond acceptors (Lipinski definition) is 11. The van der Waals surface area contributed by atoms with Gasteiger partial charge in [0.2, 0.25) is 0 Å². The number of hydrogen-bond donors (Lipinski definition) is 9. The molecule has 0 amide bonds. The largest absolute Gasteiger partial charge is 0.394 e. The van der Waals surface area contributed by atoms with Crippen molar-refractivity contribution in [3.05, 3.63) is 0 Å². The van der Waals surface area contributed by atoms with Crippen LogP contribution in [0, 0.1) is 0 Å². The molecule has 11 heteroatoms. The van der Waals surface area contributed by atoms with Gasteiger partial charge in [-0.2, -0.15) is 0 Å². The topological polar surface area (TPSA) is 206 Å². The van der Waals surface area contributed by atoms with E-state index in [1.165, 1.54) is 0 Å². The lowest BCUT2D eigenvalue weighted by Crippen LogP contribution is -2.68. The number of nitrogens with two attached hydrogens (primary N) is 1. The SMILES string of the molecule is N[C@H]1C(OC2[C@@H](O)[C@H](O)C(O)[C@H](O)[C@@H]2O)O[C@H](CO)[C@@H](O)[C@@H]1O. The van der Waals surface area contributed by atoms with Gasteiger partial charge in [-0.1, -0.05) is 0 Å². The van der Waals surface area contributed by atoms with Gasteiger partial charge in [-0.25, -0.2) is 0 Å². The van der Waals surface area contributed by atoms with Crippen molar-refractivity contribution in [3.8, 4) is 0 Å². The van der Waals surface area contributed by atoms with E-state index < -0.39 is 73.9 Å². The van der Waals surface area contributed by atoms with Crippen molar-refractivity contribution in [2.75, 3.05) is 6.61 Å². The van der Waals surface area contributed by atoms with Gasteiger partial charge >= 0.3 is 0 Å². The van der Waals surface area contributed by atoms with Gasteiger partial charge in [0.25, 0.3) is 0 Å². The lowest BCUT2D eigenvalue weighted by molar-refractivity contribution is -0.316. The predicted molar refractivity (Wildman–Crippen MR) is 70.6 cm³/mol. The molecule has 0 aromatic carbocycles. The van der Waals surface area contributed by atoms with Gasteiger partial charge < -0.3 is 56.1 Å². The van der Waals surface area contributed by atoms with Crippen molar-refractivity contribution in [1.29, 1.82) is 0 Å². The molecule has 2 aliphatic rings. The Kier molecular flexibility index (Phi) is 5.92. The summed E-state index contributed by atoms with van der Waals surface area (Å²) >= 11 is 0. The summed E-state index contributed by atoms with van der Waals surface area (Å²) in [6.07, 6.45) is -16.1. The maximum atomic E-state index is 9.89. The fraction of sp³-hybridized carbons (Fsp3) is 1.00. The molecule has 23 heavy (non-hydrogen) atoms. The quantitative estimate of drug-likeness (QED) is 0.236. The van der Waals surface area contributed by atoms with Gasteiger partial charge in [-0.05, 0) is 0 Å². The third-order valence-corrected chi connectivity index (χ3v) is 4.29. The second-order valence-electron chi connectivity index (χ2n) is 5.84. The molecule has 3 unspecified atom stereocenters. The third-order valence-electron chi connectivity index (χ3n) is 4.29. The summed E-state index contributed by atoms with van der Waals surface area (Å²) < 4.78 is 10.4. The minimum absolute atomic E-state index is 0.648. The molecule has 1 heterocycles. The van der Waals surface area contributed by atoms with Crippen LogP contribution >= 0.6 is 0 Å². The second-order valence-corrected chi connectivity index (χ2v) is 5.84. The van der Waals surface area contributed by atoms with Crippen molar-refractivity contribution in [2.24, 2.45) is 5.73 Å². The van der Waals surface area contributed by atoms with E-state index in [-0.39, 0.29) is 0 Å². The van der Waals surface area contributed by atoms with Crippen LogP contribution in [0.1, 0.15) is 0 Å². The molecule has 1 saturated heterocycles. The summed E-state index contributed by atoms with van der Waals surface area (Å²) in [5, 5.41) is 77.1. The third kappa shape index (κ3) is 3.36. The van der Waals surface area contributed by atoms with Crippen LogP contribution in [0.15, 0.2) is 0 Å². The van der Waals surface area contributed by atoms with E-state index in [1.54, 1.807) is 0 Å². The summed E-state index contributed by atoms with van der Waals surface area (Å²) in [6, 6.07) is -1.28. The highest BCUT2D eigenvalue weighted by Crippen LogP contribution is 2.28. The number of aliphatic hydroxyl groups excluding tert-OH is 8. The van der Waals surface area contributed by atoms with E-state index in [1.807, 2.05) is 0 Å². The maximum absolute atomic E-state index is 9.89. The molecule has 136 valence electrons. The molecule has 0 aromatic heterocycles. The monoisotopic (exact) mass is 341 g/mol. The van der Waals surface area contributed by atoms with Gasteiger partial charge in [0.1, 0.15) is 54.9 Å². The first-order valence-electron chi connectivity index (χ1n) is 7.14. The normalized spacial score (nSPS) is 54.9. The molecule has 11 nitrogen and oxygen atoms in total. The van der Waals surface area contributed by atoms with Crippen molar-refractivity contribution in [1.82, 2.24) is 0 Å². The van der Waals surface area contributed by atoms with E-state index in [2.05, 4.69) is 0 Å². The molecular formula is C12H23NO10. The molecule has 10 N–H and O–H groups in total. The molecule has 1 aliphatic carbocycles. The fourth-order valence-electron chi connectivity index (χ4n) is 2.74. The molecule has 0 bridgehead atoms. The molecule has 0 spiro atoms. The van der Waals surface area contributed by atoms with Crippen molar-refractivity contribution in [3.63, 3.8) is 0 Å². The summed E-state index contributed by atoms with van der Waals surface area (Å²) in [4.78, 5) is 0. The number of rotatable bonds is 3. The predicted octanol–water partition coefficient (Wildman–Crippen LogP) is -6.04. The standard InChI is InChI=1S/C12H23NO10/c13-3-5(16)4(15)2(1-14)22-12(3)23-11-9(20)7(18)6(17)8(19)10(11)21/h2-12,14-21H,1,13H2/t2-,3-,4-,5-,6?,7-,8+,9+,10+,11?,12?/m1/s1. The molecule has 1 aliphatic heterocycles. The first kappa shape index (κ1) is 18.9. The average Bonchev–Trinajstić information content (AvgIpc) is 2.54. The first-order chi connectivity index (χ1) is 10.7. The Morgan fingerprint density at radius 1 is 0.739 bits per heavy atom. The molecule has 11 atom stereocenters. The van der Waals surface area contributed by atoms with Crippen LogP contribution in [0.3, 0.4) is 0 Å². The Morgan fingerprint density at radius 3 is 1.70 bits per heavy atom. The smallest absolute Gasteiger partial charge is 0.176 e. The van der Waals surface area contributed by atoms with E-state index in [9.17, 15) is 35.7 Å². The Hall–Kier alpha value is -0.440. The highest BCUT2D eigenvalue weighted by molar-refractivity contribution is 5.00. The number of ether oxygens (including phenoxy) is 2. The minimum atomic E-state index is -1.79. The first-order valence-corrected chi connectivity index (χ1v) is 7.14. The highest BCUT2D eigenvalue weighted by Gasteiger charge is 2.52. The van der Waals surface area contributed by atoms with Crippen LogP contribution in [0.2, 0.25) is 0 Å². The van der Waals surface area contributed by atoms with E-state index >= 15 is 0 Å². The summed E-state index contributed by atoms with van der Waals surface area (Å²) in [7, 11) is 0. The summed E-state index contributed by atoms with van der Waals surface area (Å²) in [5.41, 5.74) is 5.66. The molecule has 2 fully saturated rings. The van der Waals surface area contributed by atoms with E-state index in [0.717, 1.165) is 0 Å². The summed E-state index contributed by atoms with van der Waals surface area (Å²) in [5.74, 6) is 0. The van der Waals surface area contributed by atoms with Crippen LogP contribution in [-0.2, 0) is 9.47 Å². The molecule has 0 radical (unpaired) electrons. The van der Waals surface area contributed by atoms with Gasteiger partial charge in [0.15, 0.2) is 6.29 Å². The molecular weight excluding hydrogens is 318 g/mol. The van der Waals surface area contributed by atoms with Crippen LogP contribution < -0.4 is 5.73 Å². The van der Waals surface area contributed by atoms with Crippen LogP contribution in [-0.4, -0.2) is 115 Å². The molecule has 1 saturated carbocycles. The Morgan fingerprint density at radius 2 is 1.22 bits per heavy atom. The van der Waals surface area contributed by atoms with E-state index in [4.69, 9.17) is 20.3 Å². The zero-order valence-electron chi connectivity index (χ0n) is 12.0. The van der Waals surface area contributed by atoms with Crippen LogP contribution in [0.25, 0.3) is 0 Å². The Balaban J connectivity index is 2.13. The fourth-order valence-corrected chi connectivity index (χ4v) is 2.74. The van der Waals surface area contributed by atoms with Gasteiger partial charge in [0.05, 0.1) is 12.6 Å². The average molecular weight is 341 g/mol. The van der Waals surface area contributed by atoms with Crippen LogP contribution in [0.5, 0.6) is 0 Å². The molecule has 2 rings (SSSR count). The van der Waals surface area contributed by atoms with Gasteiger partial charge in [-0.15, -0.1) is 0 Å². The Bertz CT molecular complexity index is 382. The van der Waals surface area contributed by atoms with Crippen molar-refractivity contribution in [2.45, 2.75) is 67.3 Å². The number of aliphatic hydroxyl groups is 8. The van der Waals surface area contributed by atoms with Crippen molar-refractivity contribution < 1.29 is 50.3 Å². The molecule has 0 aromatic rings. The van der Waals surface area contributed by atoms with Gasteiger partial charge in [0, 0.05) is 0 Å². The van der Waals surface area contributed by atoms with Gasteiger partial charge in [-0.3, -0.25) is 0 Å². The minimum Gasteiger partial charge on any atom is -0.394 e. The highest BCUT2D eigenvalue weighted by atomic mass is 16.7. The van der Waals surface area contributed by atoms with E-state index in [0.29, 0.717) is 0 Å². The zero-order chi connectivity index (χ0) is 17.5. The summed E-state index contributed by atoms with van der Waals surface area (Å²) in [6.45, 7) is -0.648. The zero-order valence-corrected chi connectivity index (χ0v) is 12.0. The second kappa shape index (κ2) is 7.21. The lowest BCUT2D eigenvalue weighted by atomic mass is 9.84. The maximum Gasteiger partial charge on any atom is 0.176 e. The van der Waals surface area contributed by atoms with Crippen LogP contribution in [0.4, 0.5) is 0 Å². The van der Waals surface area contributed by atoms with Crippen molar-refractivity contribution >= 4 is 0 Å².